The van der Waals surface area contributed by atoms with Crippen LogP contribution >= 0.6 is 24.0 Å². The number of thioether (sulfide) groups is 1. The molecule has 0 unspecified atom stereocenters. The molecule has 1 saturated heterocycles. The monoisotopic (exact) mass is 442 g/mol. The van der Waals surface area contributed by atoms with Crippen LogP contribution in [0, 0.1) is 6.92 Å². The van der Waals surface area contributed by atoms with E-state index in [0.29, 0.717) is 16.2 Å². The molecule has 9 heteroatoms. The van der Waals surface area contributed by atoms with Crippen molar-refractivity contribution in [3.8, 4) is 5.75 Å². The van der Waals surface area contributed by atoms with Crippen molar-refractivity contribution >= 4 is 52.2 Å². The molecule has 0 atom stereocenters. The van der Waals surface area contributed by atoms with Crippen LogP contribution in [0.25, 0.3) is 6.08 Å². The Morgan fingerprint density at radius 1 is 1.20 bits per heavy atom. The van der Waals surface area contributed by atoms with E-state index in [9.17, 15) is 14.4 Å². The minimum atomic E-state index is -0.928. The predicted octanol–water partition coefficient (Wildman–Crippen LogP) is 3.39. The van der Waals surface area contributed by atoms with Crippen molar-refractivity contribution in [2.24, 2.45) is 0 Å². The first kappa shape index (κ1) is 21.5. The van der Waals surface area contributed by atoms with Crippen molar-refractivity contribution < 1.29 is 24.2 Å². The highest BCUT2D eigenvalue weighted by Gasteiger charge is 2.33. The third kappa shape index (κ3) is 5.25. The zero-order valence-electron chi connectivity index (χ0n) is 16.0. The third-order valence-corrected chi connectivity index (χ3v) is 5.46. The Balaban J connectivity index is 1.66. The second-order valence-electron chi connectivity index (χ2n) is 6.33. The van der Waals surface area contributed by atoms with Gasteiger partial charge in [0, 0.05) is 5.56 Å². The lowest BCUT2D eigenvalue weighted by Gasteiger charge is -2.16. The van der Waals surface area contributed by atoms with Gasteiger partial charge in [-0.15, -0.1) is 0 Å². The molecule has 0 spiro atoms. The number of hydrogen-bond acceptors (Lipinski definition) is 6. The summed E-state index contributed by atoms with van der Waals surface area (Å²) >= 11 is 6.34. The van der Waals surface area contributed by atoms with E-state index in [1.54, 1.807) is 42.5 Å². The van der Waals surface area contributed by atoms with Gasteiger partial charge in [-0.3, -0.25) is 19.8 Å². The fourth-order valence-corrected chi connectivity index (χ4v) is 3.80. The molecule has 0 bridgehead atoms. The molecule has 2 N–H and O–H groups in total. The summed E-state index contributed by atoms with van der Waals surface area (Å²) in [5.74, 6) is -1.21. The van der Waals surface area contributed by atoms with Crippen LogP contribution in [0.4, 0.5) is 0 Å². The van der Waals surface area contributed by atoms with Gasteiger partial charge in [0.05, 0.1) is 17.9 Å². The van der Waals surface area contributed by atoms with Gasteiger partial charge >= 0.3 is 5.97 Å². The first-order chi connectivity index (χ1) is 14.3. The van der Waals surface area contributed by atoms with Crippen LogP contribution in [-0.2, 0) is 9.59 Å². The predicted molar refractivity (Wildman–Crippen MR) is 118 cm³/mol. The maximum atomic E-state index is 12.7. The van der Waals surface area contributed by atoms with Crippen molar-refractivity contribution in [1.82, 2.24) is 10.4 Å². The van der Waals surface area contributed by atoms with E-state index in [1.807, 2.05) is 19.1 Å². The minimum Gasteiger partial charge on any atom is -0.493 e. The van der Waals surface area contributed by atoms with Crippen molar-refractivity contribution in [3.63, 3.8) is 0 Å². The number of carbonyl (C=O) groups excluding carboxylic acids is 2. The van der Waals surface area contributed by atoms with Crippen LogP contribution in [0.3, 0.4) is 0 Å². The number of aryl methyl sites for hydroxylation is 1. The maximum absolute atomic E-state index is 12.7. The molecule has 3 rings (SSSR count). The van der Waals surface area contributed by atoms with Crippen LogP contribution in [-0.4, -0.2) is 38.8 Å². The maximum Gasteiger partial charge on any atom is 0.306 e. The van der Waals surface area contributed by atoms with Crippen LogP contribution in [0.1, 0.15) is 27.9 Å². The summed E-state index contributed by atoms with van der Waals surface area (Å²) in [5, 5.41) is 9.71. The fraction of sp³-hybridized carbons (Fsp3) is 0.143. The zero-order chi connectivity index (χ0) is 21.7. The van der Waals surface area contributed by atoms with Gasteiger partial charge in [-0.05, 0) is 54.5 Å². The highest BCUT2D eigenvalue weighted by Crippen LogP contribution is 2.31. The molecule has 2 aromatic carbocycles. The Labute approximate surface area is 182 Å². The van der Waals surface area contributed by atoms with E-state index < -0.39 is 17.8 Å². The van der Waals surface area contributed by atoms with Crippen LogP contribution in [0.2, 0.25) is 0 Å². The molecule has 7 nitrogen and oxygen atoms in total. The number of benzene rings is 2. The van der Waals surface area contributed by atoms with Gasteiger partial charge in [0.1, 0.15) is 5.75 Å². The van der Waals surface area contributed by atoms with Crippen molar-refractivity contribution in [2.75, 3.05) is 6.61 Å². The Kier molecular flexibility index (Phi) is 6.86. The number of amides is 2. The van der Waals surface area contributed by atoms with E-state index in [0.717, 1.165) is 27.9 Å². The molecule has 30 heavy (non-hydrogen) atoms. The molecule has 1 aliphatic heterocycles. The summed E-state index contributed by atoms with van der Waals surface area (Å²) in [6, 6.07) is 13.9. The summed E-state index contributed by atoms with van der Waals surface area (Å²) in [6.45, 7) is 1.89. The molecule has 1 aliphatic rings. The number of carboxylic acids is 1. The number of hydrazine groups is 1. The van der Waals surface area contributed by atoms with Crippen LogP contribution in [0.5, 0.6) is 5.75 Å². The molecular weight excluding hydrogens is 424 g/mol. The Morgan fingerprint density at radius 2 is 1.90 bits per heavy atom. The Bertz CT molecular complexity index is 1030. The number of hydrogen-bond donors (Lipinski definition) is 2. The lowest BCUT2D eigenvalue weighted by Crippen LogP contribution is -2.45. The quantitative estimate of drug-likeness (QED) is 0.501. The average Bonchev–Trinajstić information content (AvgIpc) is 2.96. The lowest BCUT2D eigenvalue weighted by molar-refractivity contribution is -0.137. The molecule has 0 aliphatic carbocycles. The van der Waals surface area contributed by atoms with Crippen molar-refractivity contribution in [3.05, 3.63) is 70.1 Å². The van der Waals surface area contributed by atoms with E-state index in [1.165, 1.54) is 0 Å². The highest BCUT2D eigenvalue weighted by atomic mass is 32.2. The van der Waals surface area contributed by atoms with Crippen LogP contribution in [0.15, 0.2) is 53.4 Å². The number of nitrogens with one attached hydrogen (secondary N) is 1. The minimum absolute atomic E-state index is 0.0773. The Hall–Kier alpha value is -3.17. The Morgan fingerprint density at radius 3 is 2.57 bits per heavy atom. The van der Waals surface area contributed by atoms with Gasteiger partial charge in [0.2, 0.25) is 0 Å². The molecule has 1 heterocycles. The van der Waals surface area contributed by atoms with Crippen molar-refractivity contribution in [2.45, 2.75) is 13.3 Å². The summed E-state index contributed by atoms with van der Waals surface area (Å²) in [4.78, 5) is 36.1. The SMILES string of the molecule is Cc1ccccc1C(=O)NN1C(=O)/C(=C\c2ccc(OCCC(=O)O)cc2)SC1=S. The lowest BCUT2D eigenvalue weighted by atomic mass is 10.1. The summed E-state index contributed by atoms with van der Waals surface area (Å²) < 4.78 is 5.58. The largest absolute Gasteiger partial charge is 0.493 e. The topological polar surface area (TPSA) is 95.9 Å². The number of ether oxygens (including phenoxy) is 1. The van der Waals surface area contributed by atoms with Gasteiger partial charge in [0.15, 0.2) is 4.32 Å². The fourth-order valence-electron chi connectivity index (χ4n) is 2.62. The molecule has 0 saturated carbocycles. The molecule has 2 amide bonds. The van der Waals surface area contributed by atoms with Gasteiger partial charge in [-0.2, -0.15) is 5.01 Å². The normalized spacial score (nSPS) is 14.8. The summed E-state index contributed by atoms with van der Waals surface area (Å²) in [7, 11) is 0. The second-order valence-corrected chi connectivity index (χ2v) is 8.01. The van der Waals surface area contributed by atoms with Crippen molar-refractivity contribution in [1.29, 1.82) is 0 Å². The molecule has 1 fully saturated rings. The highest BCUT2D eigenvalue weighted by molar-refractivity contribution is 8.26. The van der Waals surface area contributed by atoms with E-state index >= 15 is 0 Å². The number of aliphatic carboxylic acids is 1. The smallest absolute Gasteiger partial charge is 0.306 e. The standard InChI is InChI=1S/C21H18N2O5S2/c1-13-4-2-3-5-16(13)19(26)22-23-20(27)17(30-21(23)29)12-14-6-8-15(9-7-14)28-11-10-18(24)25/h2-9,12H,10-11H2,1H3,(H,22,26)(H,24,25)/b17-12+. The summed E-state index contributed by atoms with van der Waals surface area (Å²) in [5.41, 5.74) is 4.57. The zero-order valence-corrected chi connectivity index (χ0v) is 17.6. The third-order valence-electron chi connectivity index (χ3n) is 4.16. The molecule has 0 aromatic heterocycles. The number of nitrogens with zero attached hydrogens (tertiary/aromatic N) is 1. The first-order valence-corrected chi connectivity index (χ1v) is 10.2. The molecule has 0 radical (unpaired) electrons. The number of thiocarbonyl (C=S) groups is 1. The molecule has 2 aromatic rings. The number of rotatable bonds is 7. The molecular formula is C21H18N2O5S2. The van der Waals surface area contributed by atoms with Crippen LogP contribution < -0.4 is 10.2 Å². The van der Waals surface area contributed by atoms with Gasteiger partial charge in [0.25, 0.3) is 11.8 Å². The average molecular weight is 443 g/mol. The van der Waals surface area contributed by atoms with Gasteiger partial charge in [-0.25, -0.2) is 0 Å². The first-order valence-electron chi connectivity index (χ1n) is 8.94. The van der Waals surface area contributed by atoms with E-state index in [4.69, 9.17) is 22.1 Å². The summed E-state index contributed by atoms with van der Waals surface area (Å²) in [6.07, 6.45) is 1.58. The molecule has 154 valence electrons. The number of carbonyl (C=O) groups is 3. The van der Waals surface area contributed by atoms with E-state index in [-0.39, 0.29) is 17.3 Å². The van der Waals surface area contributed by atoms with Gasteiger partial charge in [-0.1, -0.05) is 42.1 Å². The second kappa shape index (κ2) is 9.55. The van der Waals surface area contributed by atoms with E-state index in [2.05, 4.69) is 5.43 Å². The number of carboxylic acid groups (broad SMARTS) is 1. The van der Waals surface area contributed by atoms with Gasteiger partial charge < -0.3 is 9.84 Å².